The van der Waals surface area contributed by atoms with E-state index in [0.717, 1.165) is 0 Å². The van der Waals surface area contributed by atoms with E-state index in [4.69, 9.17) is 34.8 Å². The minimum atomic E-state index is -0.750. The lowest BCUT2D eigenvalue weighted by atomic mass is 11.9. The van der Waals surface area contributed by atoms with Crippen molar-refractivity contribution in [3.8, 4) is 0 Å². The van der Waals surface area contributed by atoms with Gasteiger partial charge in [-0.1, -0.05) is 34.8 Å². The Labute approximate surface area is 98.9 Å². The molecule has 0 rings (SSSR count). The van der Waals surface area contributed by atoms with Crippen molar-refractivity contribution in [2.75, 3.05) is 0 Å². The predicted octanol–water partition coefficient (Wildman–Crippen LogP) is 3.78. The zero-order valence-corrected chi connectivity index (χ0v) is 12.5. The molecule has 0 amide bonds. The first-order chi connectivity index (χ1) is 1.73. The van der Waals surface area contributed by atoms with E-state index in [1.54, 1.807) is 0 Å². The first-order valence-electron chi connectivity index (χ1n) is 0.655. The minimum Gasteiger partial charge on any atom is -0.153 e. The molecular weight excluding hydrogens is 389 g/mol. The molecule has 1 atom stereocenters. The van der Waals surface area contributed by atoms with Crippen LogP contribution < -0.4 is 0 Å². The molecule has 0 aromatic carbocycles. The molecule has 0 saturated carbocycles. The average molecular weight is 396 g/mol. The average Bonchev–Trinajstić information content (AvgIpc) is 0.811. The molecule has 0 spiro atoms. The molecule has 0 fully saturated rings. The standard InChI is InChI=1S/CHCl3.3BrH.H3P/c2-1(3)4;;;;/h1H;3*1H;1H3. The summed E-state index contributed by atoms with van der Waals surface area (Å²) >= 11 is 14.4. The van der Waals surface area contributed by atoms with Gasteiger partial charge in [-0.25, -0.2) is 0 Å². The third-order valence-corrected chi connectivity index (χ3v) is 0. The molecule has 0 aliphatic carbocycles. The van der Waals surface area contributed by atoms with E-state index in [-0.39, 0.29) is 60.8 Å². The van der Waals surface area contributed by atoms with Gasteiger partial charge in [-0.3, -0.25) is 0 Å². The Hall–Kier alpha value is 2.74. The summed E-state index contributed by atoms with van der Waals surface area (Å²) in [4.78, 5) is 0. The van der Waals surface area contributed by atoms with Gasteiger partial charge in [-0.15, -0.1) is 50.9 Å². The molecule has 0 aliphatic heterocycles. The van der Waals surface area contributed by atoms with Crippen LogP contribution in [0.2, 0.25) is 0 Å². The molecule has 0 nitrogen and oxygen atoms in total. The van der Waals surface area contributed by atoms with Crippen LogP contribution in [0.4, 0.5) is 0 Å². The molecule has 0 heterocycles. The number of hydrogen-bond acceptors (Lipinski definition) is 0. The molecule has 0 aromatic rings. The van der Waals surface area contributed by atoms with Crippen LogP contribution >= 0.6 is 95.6 Å². The largest absolute Gasteiger partial charge is 0.180 e. The second kappa shape index (κ2) is 22.6. The van der Waals surface area contributed by atoms with Crippen LogP contribution in [0, 0.1) is 0 Å². The summed E-state index contributed by atoms with van der Waals surface area (Å²) in [5.41, 5.74) is 0. The molecule has 0 saturated heterocycles. The summed E-state index contributed by atoms with van der Waals surface area (Å²) in [5, 5.41) is 0. The summed E-state index contributed by atoms with van der Waals surface area (Å²) in [6, 6.07) is 0. The quantitative estimate of drug-likeness (QED) is 0.432. The first kappa shape index (κ1) is 30.9. The van der Waals surface area contributed by atoms with Gasteiger partial charge in [0, 0.05) is 0 Å². The van der Waals surface area contributed by atoms with E-state index < -0.39 is 4.30 Å². The monoisotopic (exact) mass is 392 g/mol. The maximum Gasteiger partial charge on any atom is 0.180 e. The molecule has 58 valence electrons. The number of hydrogen-bond donors (Lipinski definition) is 0. The molecule has 0 N–H and O–H groups in total. The zero-order valence-electron chi connectivity index (χ0n) is 3.64. The van der Waals surface area contributed by atoms with Gasteiger partial charge in [-0.05, 0) is 0 Å². The second-order valence-electron chi connectivity index (χ2n) is 0.247. The summed E-state index contributed by atoms with van der Waals surface area (Å²) in [6.45, 7) is 0. The smallest absolute Gasteiger partial charge is 0.153 e. The van der Waals surface area contributed by atoms with Crippen molar-refractivity contribution in [3.05, 3.63) is 0 Å². The van der Waals surface area contributed by atoms with Crippen LogP contribution in [0.3, 0.4) is 0 Å². The molecule has 1 unspecified atom stereocenters. The summed E-state index contributed by atoms with van der Waals surface area (Å²) in [6.07, 6.45) is 0. The Morgan fingerprint density at radius 3 is 0.750 bits per heavy atom. The Balaban J connectivity index is -0.00000000750. The fourth-order valence-corrected chi connectivity index (χ4v) is 0. The first-order valence-corrected chi connectivity index (χ1v) is 1.96. The Kier molecular flexibility index (Phi) is 87.3. The minimum absolute atomic E-state index is 0. The van der Waals surface area contributed by atoms with E-state index >= 15 is 0 Å². The Bertz CT molecular complexity index is 19.2. The van der Waals surface area contributed by atoms with Gasteiger partial charge in [0.2, 0.25) is 0 Å². The van der Waals surface area contributed by atoms with Gasteiger partial charge in [0.25, 0.3) is 0 Å². The van der Waals surface area contributed by atoms with E-state index in [1.807, 2.05) is 0 Å². The van der Waals surface area contributed by atoms with E-state index in [1.165, 1.54) is 0 Å². The van der Waals surface area contributed by atoms with Gasteiger partial charge in [0.15, 0.2) is 4.30 Å². The van der Waals surface area contributed by atoms with E-state index in [2.05, 4.69) is 0 Å². The van der Waals surface area contributed by atoms with Crippen molar-refractivity contribution >= 4 is 95.6 Å². The maximum atomic E-state index is 4.81. The van der Waals surface area contributed by atoms with Crippen molar-refractivity contribution in [2.45, 2.75) is 4.30 Å². The summed E-state index contributed by atoms with van der Waals surface area (Å²) in [5.74, 6) is 0. The van der Waals surface area contributed by atoms with Gasteiger partial charge in [0.05, 0.1) is 0 Å². The predicted molar refractivity (Wildman–Crippen MR) is 63.4 cm³/mol. The molecule has 8 heavy (non-hydrogen) atoms. The van der Waals surface area contributed by atoms with Crippen LogP contribution in [0.5, 0.6) is 0 Å². The van der Waals surface area contributed by atoms with E-state index in [0.29, 0.717) is 0 Å². The van der Waals surface area contributed by atoms with Gasteiger partial charge >= 0.3 is 0 Å². The lowest BCUT2D eigenvalue weighted by Gasteiger charge is -1.69. The van der Waals surface area contributed by atoms with Crippen LogP contribution in [0.15, 0.2) is 0 Å². The van der Waals surface area contributed by atoms with Crippen molar-refractivity contribution in [1.82, 2.24) is 0 Å². The fourth-order valence-electron chi connectivity index (χ4n) is 0. The third-order valence-electron chi connectivity index (χ3n) is 0. The normalized spacial score (nSPS) is 4.50. The number of halogens is 6. The SMILES string of the molecule is Br.Br.Br.ClC(Cl)Cl.P. The van der Waals surface area contributed by atoms with Crippen LogP contribution in [-0.4, -0.2) is 4.30 Å². The highest BCUT2D eigenvalue weighted by Gasteiger charge is 1.78. The number of rotatable bonds is 0. The summed E-state index contributed by atoms with van der Waals surface area (Å²) < 4.78 is -0.750. The molecule has 0 radical (unpaired) electrons. The molecule has 7 heteroatoms. The molecule has 0 aromatic heterocycles. The topological polar surface area (TPSA) is 0 Å². The maximum absolute atomic E-state index is 4.81. The fraction of sp³-hybridized carbons (Fsp3) is 1.00. The second-order valence-corrected chi connectivity index (χ2v) is 2.23. The zero-order chi connectivity index (χ0) is 3.58. The Morgan fingerprint density at radius 2 is 0.750 bits per heavy atom. The van der Waals surface area contributed by atoms with Crippen molar-refractivity contribution in [3.63, 3.8) is 0 Å². The number of alkyl halides is 3. The highest BCUT2D eigenvalue weighted by Crippen LogP contribution is 2.03. The van der Waals surface area contributed by atoms with Crippen LogP contribution in [0.1, 0.15) is 0 Å². The van der Waals surface area contributed by atoms with Crippen molar-refractivity contribution in [1.29, 1.82) is 0 Å². The van der Waals surface area contributed by atoms with Gasteiger partial charge in [-0.2, -0.15) is 9.90 Å². The lowest BCUT2D eigenvalue weighted by Crippen LogP contribution is -1.55. The highest BCUT2D eigenvalue weighted by atomic mass is 79.9. The van der Waals surface area contributed by atoms with Gasteiger partial charge in [0.1, 0.15) is 0 Å². The van der Waals surface area contributed by atoms with Gasteiger partial charge < -0.3 is 0 Å². The van der Waals surface area contributed by atoms with Crippen molar-refractivity contribution < 1.29 is 0 Å². The van der Waals surface area contributed by atoms with Crippen molar-refractivity contribution in [2.24, 2.45) is 0 Å². The highest BCUT2D eigenvalue weighted by molar-refractivity contribution is 8.93. The third kappa shape index (κ3) is 69.7. The van der Waals surface area contributed by atoms with Crippen LogP contribution in [0.25, 0.3) is 0 Å². The molecule has 0 aliphatic rings. The summed E-state index contributed by atoms with van der Waals surface area (Å²) in [7, 11) is 0. The Morgan fingerprint density at radius 1 is 0.750 bits per heavy atom. The van der Waals surface area contributed by atoms with E-state index in [9.17, 15) is 0 Å². The molecular formula is CH7Br3Cl3P. The lowest BCUT2D eigenvalue weighted by molar-refractivity contribution is 1.96. The van der Waals surface area contributed by atoms with Crippen LogP contribution in [-0.2, 0) is 0 Å². The molecule has 0 bridgehead atoms.